The summed E-state index contributed by atoms with van der Waals surface area (Å²) in [6.45, 7) is 8.70. The van der Waals surface area contributed by atoms with Gasteiger partial charge in [0.25, 0.3) is 0 Å². The summed E-state index contributed by atoms with van der Waals surface area (Å²) in [7, 11) is 0. The van der Waals surface area contributed by atoms with Crippen molar-refractivity contribution in [2.75, 3.05) is 13.2 Å². The molecule has 0 spiro atoms. The van der Waals surface area contributed by atoms with Crippen molar-refractivity contribution in [1.29, 1.82) is 0 Å². The van der Waals surface area contributed by atoms with Gasteiger partial charge >= 0.3 is 0 Å². The molecule has 92 valence electrons. The number of rotatable bonds is 8. The second-order valence-corrected chi connectivity index (χ2v) is 5.07. The van der Waals surface area contributed by atoms with Crippen molar-refractivity contribution in [2.24, 2.45) is 0 Å². The van der Waals surface area contributed by atoms with Gasteiger partial charge in [0.2, 0.25) is 0 Å². The minimum Gasteiger partial charge on any atom is -0.382 e. The number of hydrogen-bond acceptors (Lipinski definition) is 5. The van der Waals surface area contributed by atoms with E-state index >= 15 is 0 Å². The lowest BCUT2D eigenvalue weighted by Crippen LogP contribution is -2.21. The minimum atomic E-state index is 0.491. The maximum Gasteiger partial charge on any atom is 0.131 e. The molecule has 0 atom stereocenters. The fraction of sp³-hybridized carbons (Fsp3) is 0.818. The van der Waals surface area contributed by atoms with Crippen LogP contribution in [-0.2, 0) is 17.7 Å². The summed E-state index contributed by atoms with van der Waals surface area (Å²) in [6.07, 6.45) is 2.00. The van der Waals surface area contributed by atoms with Crippen molar-refractivity contribution >= 4 is 11.3 Å². The number of aromatic nitrogens is 2. The number of nitrogens with zero attached hydrogens (tertiary/aromatic N) is 2. The van der Waals surface area contributed by atoms with Crippen LogP contribution < -0.4 is 5.32 Å². The first-order valence-electron chi connectivity index (χ1n) is 5.84. The largest absolute Gasteiger partial charge is 0.382 e. The van der Waals surface area contributed by atoms with E-state index in [0.717, 1.165) is 42.6 Å². The molecule has 1 aromatic heterocycles. The molecule has 0 fully saturated rings. The van der Waals surface area contributed by atoms with Gasteiger partial charge in [0.05, 0.1) is 0 Å². The number of ether oxygens (including phenoxy) is 1. The maximum atomic E-state index is 5.29. The predicted octanol–water partition coefficient (Wildman–Crippen LogP) is 2.01. The predicted molar refractivity (Wildman–Crippen MR) is 66.7 cm³/mol. The maximum absolute atomic E-state index is 5.29. The van der Waals surface area contributed by atoms with Crippen LogP contribution in [0.2, 0.25) is 0 Å². The van der Waals surface area contributed by atoms with Crippen LogP contribution in [0.15, 0.2) is 0 Å². The Labute approximate surface area is 101 Å². The summed E-state index contributed by atoms with van der Waals surface area (Å²) in [5.41, 5.74) is 0. The third kappa shape index (κ3) is 5.53. The Bertz CT molecular complexity index is 289. The molecule has 0 saturated carbocycles. The van der Waals surface area contributed by atoms with Crippen molar-refractivity contribution in [3.63, 3.8) is 0 Å². The zero-order valence-electron chi connectivity index (χ0n) is 10.3. The molecule has 1 rings (SSSR count). The fourth-order valence-electron chi connectivity index (χ4n) is 1.22. The van der Waals surface area contributed by atoms with Gasteiger partial charge in [0.1, 0.15) is 10.0 Å². The lowest BCUT2D eigenvalue weighted by atomic mass is 10.3. The first kappa shape index (κ1) is 13.5. The SMILES string of the molecule is CCOCCCc1nnc(CNC(C)C)s1. The topological polar surface area (TPSA) is 47.0 Å². The highest BCUT2D eigenvalue weighted by Gasteiger charge is 2.04. The van der Waals surface area contributed by atoms with Crippen LogP contribution in [0.4, 0.5) is 0 Å². The molecule has 0 unspecified atom stereocenters. The van der Waals surface area contributed by atoms with E-state index in [1.54, 1.807) is 11.3 Å². The highest BCUT2D eigenvalue weighted by Crippen LogP contribution is 2.11. The molecule has 4 nitrogen and oxygen atoms in total. The molecule has 1 heterocycles. The molecule has 0 bridgehead atoms. The molecular weight excluding hydrogens is 222 g/mol. The number of nitrogens with one attached hydrogen (secondary N) is 1. The zero-order valence-corrected chi connectivity index (χ0v) is 11.1. The van der Waals surface area contributed by atoms with Crippen LogP contribution in [-0.4, -0.2) is 29.5 Å². The molecule has 0 amide bonds. The third-order valence-electron chi connectivity index (χ3n) is 2.05. The standard InChI is InChI=1S/C11H21N3OS/c1-4-15-7-5-6-10-13-14-11(16-10)8-12-9(2)3/h9,12H,4-8H2,1-3H3. The van der Waals surface area contributed by atoms with Crippen LogP contribution in [0.1, 0.15) is 37.2 Å². The normalized spacial score (nSPS) is 11.2. The Morgan fingerprint density at radius 2 is 2.06 bits per heavy atom. The van der Waals surface area contributed by atoms with Crippen molar-refractivity contribution in [3.8, 4) is 0 Å². The summed E-state index contributed by atoms with van der Waals surface area (Å²) in [4.78, 5) is 0. The van der Waals surface area contributed by atoms with Gasteiger partial charge in [0.15, 0.2) is 0 Å². The molecule has 1 N–H and O–H groups in total. The summed E-state index contributed by atoms with van der Waals surface area (Å²) >= 11 is 1.69. The van der Waals surface area contributed by atoms with Crippen molar-refractivity contribution < 1.29 is 4.74 Å². The quantitative estimate of drug-likeness (QED) is 0.709. The van der Waals surface area contributed by atoms with Gasteiger partial charge in [-0.15, -0.1) is 21.5 Å². The molecule has 0 aliphatic rings. The Hall–Kier alpha value is -0.520. The summed E-state index contributed by atoms with van der Waals surface area (Å²) in [5, 5.41) is 13.8. The highest BCUT2D eigenvalue weighted by molar-refractivity contribution is 7.11. The first-order chi connectivity index (χ1) is 7.72. The van der Waals surface area contributed by atoms with Gasteiger partial charge in [0, 0.05) is 32.2 Å². The molecule has 0 aromatic carbocycles. The monoisotopic (exact) mass is 243 g/mol. The van der Waals surface area contributed by atoms with Crippen LogP contribution >= 0.6 is 11.3 Å². The van der Waals surface area contributed by atoms with Gasteiger partial charge in [-0.1, -0.05) is 13.8 Å². The Morgan fingerprint density at radius 1 is 1.31 bits per heavy atom. The lowest BCUT2D eigenvalue weighted by Gasteiger charge is -2.03. The van der Waals surface area contributed by atoms with E-state index in [2.05, 4.69) is 29.4 Å². The van der Waals surface area contributed by atoms with E-state index in [0.29, 0.717) is 6.04 Å². The smallest absolute Gasteiger partial charge is 0.131 e. The van der Waals surface area contributed by atoms with Gasteiger partial charge < -0.3 is 10.1 Å². The summed E-state index contributed by atoms with van der Waals surface area (Å²) in [5.74, 6) is 0. The zero-order chi connectivity index (χ0) is 11.8. The molecule has 0 aliphatic carbocycles. The van der Waals surface area contributed by atoms with Crippen LogP contribution in [0.3, 0.4) is 0 Å². The fourth-order valence-corrected chi connectivity index (χ4v) is 2.06. The summed E-state index contributed by atoms with van der Waals surface area (Å²) in [6, 6.07) is 0.491. The minimum absolute atomic E-state index is 0.491. The van der Waals surface area contributed by atoms with E-state index in [9.17, 15) is 0 Å². The molecule has 5 heteroatoms. The van der Waals surface area contributed by atoms with Gasteiger partial charge in [-0.2, -0.15) is 0 Å². The van der Waals surface area contributed by atoms with Crippen molar-refractivity contribution in [1.82, 2.24) is 15.5 Å². The summed E-state index contributed by atoms with van der Waals surface area (Å²) < 4.78 is 5.29. The van der Waals surface area contributed by atoms with Gasteiger partial charge in [-0.25, -0.2) is 0 Å². The molecule has 0 saturated heterocycles. The molecule has 1 aromatic rings. The van der Waals surface area contributed by atoms with E-state index in [1.165, 1.54) is 0 Å². The molecule has 0 radical (unpaired) electrons. The van der Waals surface area contributed by atoms with Crippen LogP contribution in [0.25, 0.3) is 0 Å². The average molecular weight is 243 g/mol. The number of hydrogen-bond donors (Lipinski definition) is 1. The van der Waals surface area contributed by atoms with E-state index in [1.807, 2.05) is 6.92 Å². The first-order valence-corrected chi connectivity index (χ1v) is 6.66. The molecule has 0 aliphatic heterocycles. The van der Waals surface area contributed by atoms with Crippen LogP contribution in [0, 0.1) is 0 Å². The molecular formula is C11H21N3OS. The molecule has 16 heavy (non-hydrogen) atoms. The van der Waals surface area contributed by atoms with Crippen molar-refractivity contribution in [3.05, 3.63) is 10.0 Å². The highest BCUT2D eigenvalue weighted by atomic mass is 32.1. The Balaban J connectivity index is 2.22. The average Bonchev–Trinajstić information content (AvgIpc) is 2.70. The van der Waals surface area contributed by atoms with Crippen LogP contribution in [0.5, 0.6) is 0 Å². The Kier molecular flexibility index (Phi) is 6.52. The van der Waals surface area contributed by atoms with Crippen molar-refractivity contribution in [2.45, 2.75) is 46.2 Å². The second-order valence-electron chi connectivity index (χ2n) is 3.93. The second kappa shape index (κ2) is 7.70. The lowest BCUT2D eigenvalue weighted by molar-refractivity contribution is 0.145. The van der Waals surface area contributed by atoms with Gasteiger partial charge in [-0.3, -0.25) is 0 Å². The Morgan fingerprint density at radius 3 is 2.75 bits per heavy atom. The number of aryl methyl sites for hydroxylation is 1. The van der Waals surface area contributed by atoms with E-state index < -0.39 is 0 Å². The van der Waals surface area contributed by atoms with E-state index in [4.69, 9.17) is 4.74 Å². The van der Waals surface area contributed by atoms with Gasteiger partial charge in [-0.05, 0) is 13.3 Å². The van der Waals surface area contributed by atoms with E-state index in [-0.39, 0.29) is 0 Å². The third-order valence-corrected chi connectivity index (χ3v) is 3.04.